The molecule has 1 aliphatic heterocycles. The average molecular weight is 382 g/mol. The Labute approximate surface area is 160 Å². The molecular formula is C18H18N6O4. The van der Waals surface area contributed by atoms with Crippen LogP contribution in [0.15, 0.2) is 41.2 Å². The Balaban J connectivity index is 1.35. The van der Waals surface area contributed by atoms with E-state index >= 15 is 0 Å². The molecule has 0 bridgehead atoms. The molecule has 2 aromatic heterocycles. The topological polar surface area (TPSA) is 116 Å². The summed E-state index contributed by atoms with van der Waals surface area (Å²) >= 11 is 0. The molecule has 1 fully saturated rings. The summed E-state index contributed by atoms with van der Waals surface area (Å²) in [6.07, 6.45) is 3.23. The number of amides is 2. The van der Waals surface area contributed by atoms with Crippen LogP contribution >= 0.6 is 0 Å². The Bertz CT molecular complexity index is 971. The molecule has 28 heavy (non-hydrogen) atoms. The third-order valence-corrected chi connectivity index (χ3v) is 4.36. The van der Waals surface area contributed by atoms with Crippen LogP contribution in [0.4, 0.5) is 10.5 Å². The number of nitrogens with zero attached hydrogens (tertiary/aromatic N) is 5. The van der Waals surface area contributed by atoms with Gasteiger partial charge in [-0.05, 0) is 18.2 Å². The van der Waals surface area contributed by atoms with Gasteiger partial charge in [-0.15, -0.1) is 0 Å². The van der Waals surface area contributed by atoms with Gasteiger partial charge in [0.2, 0.25) is 17.5 Å². The van der Waals surface area contributed by atoms with E-state index in [2.05, 4.69) is 25.4 Å². The summed E-state index contributed by atoms with van der Waals surface area (Å²) in [6, 6.07) is 6.69. The van der Waals surface area contributed by atoms with Crippen molar-refractivity contribution in [1.29, 1.82) is 0 Å². The van der Waals surface area contributed by atoms with Crippen molar-refractivity contribution in [2.45, 2.75) is 5.92 Å². The van der Waals surface area contributed by atoms with Crippen LogP contribution in [-0.4, -0.2) is 58.3 Å². The van der Waals surface area contributed by atoms with E-state index in [0.717, 1.165) is 0 Å². The largest absolute Gasteiger partial charge is 0.493 e. The van der Waals surface area contributed by atoms with Gasteiger partial charge in [-0.3, -0.25) is 0 Å². The van der Waals surface area contributed by atoms with Crippen LogP contribution < -0.4 is 14.8 Å². The minimum absolute atomic E-state index is 0.0129. The quantitative estimate of drug-likeness (QED) is 0.714. The summed E-state index contributed by atoms with van der Waals surface area (Å²) in [6.45, 7) is 0.965. The fraction of sp³-hybridized carbons (Fsp3) is 0.278. The minimum Gasteiger partial charge on any atom is -0.493 e. The summed E-state index contributed by atoms with van der Waals surface area (Å²) < 4.78 is 15.7. The maximum Gasteiger partial charge on any atom is 0.321 e. The van der Waals surface area contributed by atoms with Crippen molar-refractivity contribution in [3.63, 3.8) is 0 Å². The van der Waals surface area contributed by atoms with Crippen molar-refractivity contribution in [3.05, 3.63) is 42.5 Å². The van der Waals surface area contributed by atoms with Crippen LogP contribution in [0.2, 0.25) is 0 Å². The van der Waals surface area contributed by atoms with E-state index < -0.39 is 0 Å². The summed E-state index contributed by atoms with van der Waals surface area (Å²) in [5, 5.41) is 6.74. The molecule has 3 aromatic rings. The number of aromatic nitrogens is 4. The molecule has 4 rings (SSSR count). The first-order valence-electron chi connectivity index (χ1n) is 8.57. The van der Waals surface area contributed by atoms with E-state index in [4.69, 9.17) is 14.0 Å². The Morgan fingerprint density at radius 2 is 1.89 bits per heavy atom. The maximum atomic E-state index is 12.4. The molecule has 1 N–H and O–H groups in total. The van der Waals surface area contributed by atoms with Crippen LogP contribution in [0.5, 0.6) is 11.5 Å². The third-order valence-electron chi connectivity index (χ3n) is 4.36. The monoisotopic (exact) mass is 382 g/mol. The molecule has 1 aliphatic rings. The standard InChI is InChI=1S/C18H18N6O4/c1-26-13-5-4-12(8-14(13)27-2)21-18(25)24-9-11(10-24)17-22-16(23-28-17)15-19-6-3-7-20-15/h3-8,11H,9-10H2,1-2H3,(H,21,25). The van der Waals surface area contributed by atoms with Crippen LogP contribution in [0.25, 0.3) is 11.6 Å². The maximum absolute atomic E-state index is 12.4. The molecule has 3 heterocycles. The number of nitrogens with one attached hydrogen (secondary N) is 1. The molecule has 144 valence electrons. The summed E-state index contributed by atoms with van der Waals surface area (Å²) in [7, 11) is 3.10. The van der Waals surface area contributed by atoms with Crippen LogP contribution in [0.1, 0.15) is 11.8 Å². The molecule has 0 unspecified atom stereocenters. The number of rotatable bonds is 5. The lowest BCUT2D eigenvalue weighted by Gasteiger charge is -2.36. The van der Waals surface area contributed by atoms with Gasteiger partial charge < -0.3 is 24.2 Å². The second-order valence-corrected chi connectivity index (χ2v) is 6.13. The van der Waals surface area contributed by atoms with E-state index in [-0.39, 0.29) is 11.9 Å². The van der Waals surface area contributed by atoms with Crippen molar-refractivity contribution in [3.8, 4) is 23.1 Å². The zero-order valence-corrected chi connectivity index (χ0v) is 15.3. The molecular weight excluding hydrogens is 364 g/mol. The Morgan fingerprint density at radius 3 is 2.61 bits per heavy atom. The third kappa shape index (κ3) is 3.43. The number of ether oxygens (including phenoxy) is 2. The molecule has 1 saturated heterocycles. The summed E-state index contributed by atoms with van der Waals surface area (Å²) in [4.78, 5) is 26.6. The normalized spacial score (nSPS) is 13.7. The molecule has 0 saturated carbocycles. The molecule has 0 radical (unpaired) electrons. The smallest absolute Gasteiger partial charge is 0.321 e. The van der Waals surface area contributed by atoms with E-state index in [0.29, 0.717) is 47.8 Å². The highest BCUT2D eigenvalue weighted by atomic mass is 16.5. The van der Waals surface area contributed by atoms with Crippen LogP contribution in [-0.2, 0) is 0 Å². The van der Waals surface area contributed by atoms with Crippen molar-refractivity contribution in [1.82, 2.24) is 25.0 Å². The number of benzene rings is 1. The Hall–Kier alpha value is -3.69. The highest BCUT2D eigenvalue weighted by Gasteiger charge is 2.36. The molecule has 2 amide bonds. The van der Waals surface area contributed by atoms with Gasteiger partial charge in [-0.25, -0.2) is 14.8 Å². The number of likely N-dealkylation sites (tertiary alicyclic amines) is 1. The van der Waals surface area contributed by atoms with Crippen LogP contribution in [0.3, 0.4) is 0 Å². The van der Waals surface area contributed by atoms with Gasteiger partial charge in [0.05, 0.1) is 20.1 Å². The Morgan fingerprint density at radius 1 is 1.14 bits per heavy atom. The highest BCUT2D eigenvalue weighted by Crippen LogP contribution is 2.31. The average Bonchev–Trinajstić information content (AvgIpc) is 3.17. The van der Waals surface area contributed by atoms with Crippen molar-refractivity contribution in [2.24, 2.45) is 0 Å². The number of methoxy groups -OCH3 is 2. The number of carbonyl (C=O) groups is 1. The lowest BCUT2D eigenvalue weighted by atomic mass is 10.0. The predicted octanol–water partition coefficient (Wildman–Crippen LogP) is 2.18. The fourth-order valence-electron chi connectivity index (χ4n) is 2.82. The second-order valence-electron chi connectivity index (χ2n) is 6.13. The summed E-state index contributed by atoms with van der Waals surface area (Å²) in [5.41, 5.74) is 0.618. The Kier molecular flexibility index (Phi) is 4.75. The molecule has 0 aliphatic carbocycles. The van der Waals surface area contributed by atoms with Gasteiger partial charge in [0.25, 0.3) is 0 Å². The van der Waals surface area contributed by atoms with Gasteiger partial charge in [0.1, 0.15) is 0 Å². The summed E-state index contributed by atoms with van der Waals surface area (Å²) in [5.74, 6) is 2.34. The van der Waals surface area contributed by atoms with Gasteiger partial charge in [-0.1, -0.05) is 5.16 Å². The molecule has 0 atom stereocenters. The van der Waals surface area contributed by atoms with E-state index in [1.54, 1.807) is 55.8 Å². The first kappa shape index (κ1) is 17.7. The van der Waals surface area contributed by atoms with Crippen LogP contribution in [0, 0.1) is 0 Å². The number of urea groups is 1. The number of hydrogen-bond donors (Lipinski definition) is 1. The van der Waals surface area contributed by atoms with Crippen molar-refractivity contribution < 1.29 is 18.8 Å². The van der Waals surface area contributed by atoms with Gasteiger partial charge >= 0.3 is 6.03 Å². The zero-order valence-electron chi connectivity index (χ0n) is 15.3. The van der Waals surface area contributed by atoms with Gasteiger partial charge in [0.15, 0.2) is 11.5 Å². The lowest BCUT2D eigenvalue weighted by molar-refractivity contribution is 0.147. The van der Waals surface area contributed by atoms with E-state index in [9.17, 15) is 4.79 Å². The van der Waals surface area contributed by atoms with Gasteiger partial charge in [-0.2, -0.15) is 4.98 Å². The van der Waals surface area contributed by atoms with E-state index in [1.165, 1.54) is 0 Å². The minimum atomic E-state index is -0.213. The number of hydrogen-bond acceptors (Lipinski definition) is 8. The molecule has 1 aromatic carbocycles. The fourth-order valence-corrected chi connectivity index (χ4v) is 2.82. The number of carbonyl (C=O) groups excluding carboxylic acids is 1. The lowest BCUT2D eigenvalue weighted by Crippen LogP contribution is -2.50. The highest BCUT2D eigenvalue weighted by molar-refractivity contribution is 5.90. The zero-order chi connectivity index (χ0) is 19.5. The SMILES string of the molecule is COc1ccc(NC(=O)N2CC(c3nc(-c4ncccn4)no3)C2)cc1OC. The first-order chi connectivity index (χ1) is 13.7. The van der Waals surface area contributed by atoms with E-state index in [1.807, 2.05) is 0 Å². The molecule has 10 heteroatoms. The van der Waals surface area contributed by atoms with Crippen molar-refractivity contribution >= 4 is 11.7 Å². The first-order valence-corrected chi connectivity index (χ1v) is 8.57. The predicted molar refractivity (Wildman–Crippen MR) is 98.2 cm³/mol. The molecule has 10 nitrogen and oxygen atoms in total. The van der Waals surface area contributed by atoms with Gasteiger partial charge in [0, 0.05) is 37.2 Å². The van der Waals surface area contributed by atoms with Crippen molar-refractivity contribution in [2.75, 3.05) is 32.6 Å². The molecule has 0 spiro atoms. The second kappa shape index (κ2) is 7.51. The number of anilines is 1.